The van der Waals surface area contributed by atoms with E-state index >= 15 is 0 Å². The lowest BCUT2D eigenvalue weighted by Crippen LogP contribution is -2.38. The predicted octanol–water partition coefficient (Wildman–Crippen LogP) is 1.53. The van der Waals surface area contributed by atoms with E-state index < -0.39 is 11.6 Å². The smallest absolute Gasteiger partial charge is 0.410 e. The van der Waals surface area contributed by atoms with Gasteiger partial charge in [0.1, 0.15) is 5.60 Å². The molecule has 0 radical (unpaired) electrons. The monoisotopic (exact) mass is 270 g/mol. The molecule has 6 nitrogen and oxygen atoms in total. The van der Waals surface area contributed by atoms with Gasteiger partial charge in [-0.05, 0) is 27.2 Å². The number of ether oxygens (including phenoxy) is 1. The summed E-state index contributed by atoms with van der Waals surface area (Å²) in [6.45, 7) is 8.04. The van der Waals surface area contributed by atoms with Gasteiger partial charge in [-0.2, -0.15) is 0 Å². The summed E-state index contributed by atoms with van der Waals surface area (Å²) in [5.41, 5.74) is -0.494. The first kappa shape index (κ1) is 15.3. The van der Waals surface area contributed by atoms with Crippen LogP contribution in [0, 0.1) is 0 Å². The van der Waals surface area contributed by atoms with Crippen molar-refractivity contribution in [2.24, 2.45) is 0 Å². The lowest BCUT2D eigenvalue weighted by Gasteiger charge is -2.26. The summed E-state index contributed by atoms with van der Waals surface area (Å²) in [4.78, 5) is 25.9. The number of carbonyl (C=O) groups is 2. The van der Waals surface area contributed by atoms with Crippen molar-refractivity contribution in [3.05, 3.63) is 12.3 Å². The molecule has 0 aromatic rings. The van der Waals surface area contributed by atoms with Gasteiger partial charge in [0.2, 0.25) is 0 Å². The van der Waals surface area contributed by atoms with Crippen LogP contribution in [0.4, 0.5) is 4.79 Å². The number of carboxylic acids is 1. The Labute approximate surface area is 113 Å². The summed E-state index contributed by atoms with van der Waals surface area (Å²) in [7, 11) is 0. The minimum Gasteiger partial charge on any atom is -0.478 e. The van der Waals surface area contributed by atoms with Gasteiger partial charge < -0.3 is 19.6 Å². The minimum atomic E-state index is -0.965. The van der Waals surface area contributed by atoms with E-state index in [1.807, 2.05) is 25.7 Å². The highest BCUT2D eigenvalue weighted by Crippen LogP contribution is 2.12. The molecule has 0 saturated carbocycles. The SMILES string of the molecule is CC(C)(C)OC(=O)N1CCCN(/C=C/C(=O)O)CC1. The van der Waals surface area contributed by atoms with E-state index in [0.717, 1.165) is 19.0 Å². The van der Waals surface area contributed by atoms with Gasteiger partial charge in [0.25, 0.3) is 0 Å². The topological polar surface area (TPSA) is 70.1 Å². The van der Waals surface area contributed by atoms with Gasteiger partial charge in [-0.1, -0.05) is 0 Å². The zero-order chi connectivity index (χ0) is 14.5. The third-order valence-corrected chi connectivity index (χ3v) is 2.61. The van der Waals surface area contributed by atoms with E-state index in [9.17, 15) is 9.59 Å². The van der Waals surface area contributed by atoms with Gasteiger partial charge in [0.05, 0.1) is 0 Å². The normalized spacial score (nSPS) is 17.4. The molecule has 0 aliphatic carbocycles. The standard InChI is InChI=1S/C13H22N2O4/c1-13(2,3)19-12(18)15-7-4-6-14(9-10-15)8-5-11(16)17/h5,8H,4,6-7,9-10H2,1-3H3,(H,16,17)/b8-5+. The largest absolute Gasteiger partial charge is 0.478 e. The Bertz CT molecular complexity index is 360. The molecule has 1 saturated heterocycles. The Morgan fingerprint density at radius 1 is 1.16 bits per heavy atom. The number of hydrogen-bond donors (Lipinski definition) is 1. The van der Waals surface area contributed by atoms with Crippen molar-refractivity contribution >= 4 is 12.1 Å². The maximum absolute atomic E-state index is 11.9. The fourth-order valence-corrected chi connectivity index (χ4v) is 1.76. The summed E-state index contributed by atoms with van der Waals surface area (Å²) in [5, 5.41) is 8.58. The first-order chi connectivity index (χ1) is 8.78. The Hall–Kier alpha value is -1.72. The van der Waals surface area contributed by atoms with E-state index in [2.05, 4.69) is 0 Å². The molecular formula is C13H22N2O4. The molecule has 6 heteroatoms. The lowest BCUT2D eigenvalue weighted by atomic mass is 10.2. The number of rotatable bonds is 2. The Kier molecular flexibility index (Phi) is 5.20. The maximum atomic E-state index is 11.9. The molecule has 0 unspecified atom stereocenters. The molecule has 1 N–H and O–H groups in total. The molecular weight excluding hydrogens is 248 g/mol. The van der Waals surface area contributed by atoms with Gasteiger partial charge in [-0.3, -0.25) is 0 Å². The highest BCUT2D eigenvalue weighted by Gasteiger charge is 2.23. The van der Waals surface area contributed by atoms with Crippen molar-refractivity contribution in [3.63, 3.8) is 0 Å². The van der Waals surface area contributed by atoms with Crippen molar-refractivity contribution in [1.82, 2.24) is 9.80 Å². The van der Waals surface area contributed by atoms with Gasteiger partial charge in [0, 0.05) is 38.5 Å². The third-order valence-electron chi connectivity index (χ3n) is 2.61. The van der Waals surface area contributed by atoms with Crippen molar-refractivity contribution in [2.45, 2.75) is 32.8 Å². The van der Waals surface area contributed by atoms with Crippen molar-refractivity contribution in [3.8, 4) is 0 Å². The molecule has 1 fully saturated rings. The van der Waals surface area contributed by atoms with Crippen LogP contribution in [0.1, 0.15) is 27.2 Å². The first-order valence-electron chi connectivity index (χ1n) is 6.41. The summed E-state index contributed by atoms with van der Waals surface area (Å²) in [6, 6.07) is 0. The molecule has 0 atom stereocenters. The molecule has 1 heterocycles. The molecule has 19 heavy (non-hydrogen) atoms. The number of carboxylic acid groups (broad SMARTS) is 1. The highest BCUT2D eigenvalue weighted by atomic mass is 16.6. The van der Waals surface area contributed by atoms with Crippen LogP contribution in [0.2, 0.25) is 0 Å². The van der Waals surface area contributed by atoms with Crippen molar-refractivity contribution < 1.29 is 19.4 Å². The summed E-state index contributed by atoms with van der Waals surface area (Å²) >= 11 is 0. The highest BCUT2D eigenvalue weighted by molar-refractivity contribution is 5.79. The predicted molar refractivity (Wildman–Crippen MR) is 70.8 cm³/mol. The van der Waals surface area contributed by atoms with Crippen LogP contribution in [0.15, 0.2) is 12.3 Å². The zero-order valence-corrected chi connectivity index (χ0v) is 11.8. The van der Waals surface area contributed by atoms with Crippen LogP contribution in [0.25, 0.3) is 0 Å². The molecule has 108 valence electrons. The molecule has 0 aromatic carbocycles. The fraction of sp³-hybridized carbons (Fsp3) is 0.692. The summed E-state index contributed by atoms with van der Waals surface area (Å²) in [6.07, 6.45) is 3.16. The van der Waals surface area contributed by atoms with Gasteiger partial charge in [0.15, 0.2) is 0 Å². The molecule has 1 rings (SSSR count). The number of hydrogen-bond acceptors (Lipinski definition) is 4. The van der Waals surface area contributed by atoms with Crippen LogP contribution >= 0.6 is 0 Å². The average Bonchev–Trinajstić information content (AvgIpc) is 2.49. The lowest BCUT2D eigenvalue weighted by molar-refractivity contribution is -0.131. The van der Waals surface area contributed by atoms with Crippen LogP contribution < -0.4 is 0 Å². The van der Waals surface area contributed by atoms with E-state index in [-0.39, 0.29) is 6.09 Å². The van der Waals surface area contributed by atoms with Crippen molar-refractivity contribution in [1.29, 1.82) is 0 Å². The minimum absolute atomic E-state index is 0.309. The zero-order valence-electron chi connectivity index (χ0n) is 11.8. The second kappa shape index (κ2) is 6.45. The van der Waals surface area contributed by atoms with Crippen LogP contribution in [-0.4, -0.2) is 58.7 Å². The number of aliphatic carboxylic acids is 1. The molecule has 1 amide bonds. The van der Waals surface area contributed by atoms with E-state index in [1.54, 1.807) is 11.1 Å². The van der Waals surface area contributed by atoms with E-state index in [0.29, 0.717) is 19.6 Å². The fourth-order valence-electron chi connectivity index (χ4n) is 1.76. The van der Waals surface area contributed by atoms with Crippen molar-refractivity contribution in [2.75, 3.05) is 26.2 Å². The van der Waals surface area contributed by atoms with Gasteiger partial charge in [-0.15, -0.1) is 0 Å². The molecule has 0 spiro atoms. The van der Waals surface area contributed by atoms with Crippen LogP contribution in [0.5, 0.6) is 0 Å². The summed E-state index contributed by atoms with van der Waals surface area (Å²) in [5.74, 6) is -0.965. The Morgan fingerprint density at radius 2 is 1.84 bits per heavy atom. The number of nitrogens with zero attached hydrogens (tertiary/aromatic N) is 2. The Morgan fingerprint density at radius 3 is 2.42 bits per heavy atom. The summed E-state index contributed by atoms with van der Waals surface area (Å²) < 4.78 is 5.32. The van der Waals surface area contributed by atoms with Gasteiger partial charge >= 0.3 is 12.1 Å². The second-order valence-corrected chi connectivity index (χ2v) is 5.51. The van der Waals surface area contributed by atoms with Crippen LogP contribution in [-0.2, 0) is 9.53 Å². The van der Waals surface area contributed by atoms with Gasteiger partial charge in [-0.25, -0.2) is 9.59 Å². The molecule has 1 aliphatic rings. The maximum Gasteiger partial charge on any atom is 0.410 e. The number of carbonyl (C=O) groups excluding carboxylic acids is 1. The molecule has 1 aliphatic heterocycles. The quantitative estimate of drug-likeness (QED) is 0.770. The molecule has 0 aromatic heterocycles. The Balaban J connectivity index is 2.50. The first-order valence-corrected chi connectivity index (χ1v) is 6.41. The average molecular weight is 270 g/mol. The van der Waals surface area contributed by atoms with Crippen LogP contribution in [0.3, 0.4) is 0 Å². The van der Waals surface area contributed by atoms with E-state index in [4.69, 9.17) is 9.84 Å². The molecule has 0 bridgehead atoms. The van der Waals surface area contributed by atoms with E-state index in [1.165, 1.54) is 0 Å². The number of amides is 1. The second-order valence-electron chi connectivity index (χ2n) is 5.51. The third kappa shape index (κ3) is 6.13.